The molecule has 2 rings (SSSR count). The van der Waals surface area contributed by atoms with Gasteiger partial charge in [0.25, 0.3) is 0 Å². The molecule has 2 aliphatic rings. The Hall–Kier alpha value is 1.83. The van der Waals surface area contributed by atoms with Crippen LogP contribution in [-0.2, 0) is 23.0 Å². The third kappa shape index (κ3) is 3.71. The van der Waals surface area contributed by atoms with Gasteiger partial charge in [0.05, 0.1) is 0 Å². The molecule has 0 amide bonds. The summed E-state index contributed by atoms with van der Waals surface area (Å²) in [7, 11) is 0. The fourth-order valence-corrected chi connectivity index (χ4v) is 1.83. The van der Waals surface area contributed by atoms with Gasteiger partial charge >= 0.3 is 74.9 Å². The van der Waals surface area contributed by atoms with E-state index in [1.165, 1.54) is 0 Å². The molecule has 0 N–H and O–H groups in total. The number of hydrogen-bond acceptors (Lipinski definition) is 3. The molecular formula is C8H13CsNO2S-. The fraction of sp³-hybridized carbons (Fsp3) is 0.875. The van der Waals surface area contributed by atoms with E-state index in [1.54, 1.807) is 0 Å². The predicted molar refractivity (Wildman–Crippen MR) is 49.1 cm³/mol. The minimum Gasteiger partial charge on any atom is -0.813 e. The van der Waals surface area contributed by atoms with E-state index in [2.05, 4.69) is 5.32 Å². The smallest absolute Gasteiger partial charge is 0.813 e. The number of piperidine rings is 1. The molecular weight excluding hydrogens is 307 g/mol. The first-order valence-electron chi connectivity index (χ1n) is 4.16. The van der Waals surface area contributed by atoms with E-state index in [-0.39, 0.29) is 94.0 Å². The summed E-state index contributed by atoms with van der Waals surface area (Å²) in [6, 6.07) is 0. The van der Waals surface area contributed by atoms with E-state index in [1.807, 2.05) is 0 Å². The number of carbonyl (C=O) groups is 1. The van der Waals surface area contributed by atoms with Crippen molar-refractivity contribution in [1.29, 1.82) is 0 Å². The predicted octanol–water partition coefficient (Wildman–Crippen LogP) is -2.04. The van der Waals surface area contributed by atoms with Crippen molar-refractivity contribution in [1.82, 2.24) is 0 Å². The number of hydrogen-bond donors (Lipinski definition) is 0. The summed E-state index contributed by atoms with van der Waals surface area (Å²) in [5.74, 6) is -0.0214. The van der Waals surface area contributed by atoms with Crippen LogP contribution in [-0.4, -0.2) is 24.7 Å². The Balaban J connectivity index is 0.000000720. The maximum atomic E-state index is 10.9. The van der Waals surface area contributed by atoms with Crippen LogP contribution in [0.25, 0.3) is 5.32 Å². The molecule has 70 valence electrons. The normalized spacial score (nSPS) is 24.5. The van der Waals surface area contributed by atoms with Crippen LogP contribution in [0, 0.1) is 0 Å². The SMILES string of the molecule is O=C1CCC2(CC[N-]CC2)O1.[Cs+].[SH-]. The third-order valence-corrected chi connectivity index (χ3v) is 2.57. The van der Waals surface area contributed by atoms with Gasteiger partial charge in [-0.1, -0.05) is 0 Å². The van der Waals surface area contributed by atoms with Crippen molar-refractivity contribution in [3.05, 3.63) is 5.32 Å². The van der Waals surface area contributed by atoms with Gasteiger partial charge in [-0.15, -0.1) is 13.1 Å². The number of ether oxygens (including phenoxy) is 1. The zero-order valence-electron chi connectivity index (χ0n) is 7.95. The molecule has 13 heavy (non-hydrogen) atoms. The average molecular weight is 320 g/mol. The molecule has 0 aromatic rings. The molecule has 0 aromatic carbocycles. The summed E-state index contributed by atoms with van der Waals surface area (Å²) in [5.41, 5.74) is -0.0984. The molecule has 0 aliphatic carbocycles. The molecule has 2 saturated heterocycles. The van der Waals surface area contributed by atoms with E-state index in [0.717, 1.165) is 32.4 Å². The summed E-state index contributed by atoms with van der Waals surface area (Å²) in [6.45, 7) is 1.74. The average Bonchev–Trinajstić information content (AvgIpc) is 2.34. The molecule has 2 fully saturated rings. The number of rotatable bonds is 0. The van der Waals surface area contributed by atoms with Gasteiger partial charge in [0, 0.05) is 6.42 Å². The molecule has 0 atom stereocenters. The van der Waals surface area contributed by atoms with E-state index >= 15 is 0 Å². The first-order chi connectivity index (χ1) is 5.31. The van der Waals surface area contributed by atoms with Crippen LogP contribution in [0.3, 0.4) is 0 Å². The van der Waals surface area contributed by atoms with Crippen LogP contribution in [0.2, 0.25) is 0 Å². The first-order valence-corrected chi connectivity index (χ1v) is 4.16. The maximum absolute atomic E-state index is 10.9. The second kappa shape index (κ2) is 6.42. The molecule has 0 radical (unpaired) electrons. The van der Waals surface area contributed by atoms with Crippen molar-refractivity contribution in [3.8, 4) is 0 Å². The molecule has 0 saturated carbocycles. The zero-order valence-corrected chi connectivity index (χ0v) is 15.1. The van der Waals surface area contributed by atoms with Crippen LogP contribution in [0.15, 0.2) is 0 Å². The third-order valence-electron chi connectivity index (χ3n) is 2.57. The maximum Gasteiger partial charge on any atom is 1.00 e. The van der Waals surface area contributed by atoms with Crippen molar-refractivity contribution in [2.75, 3.05) is 13.1 Å². The first kappa shape index (κ1) is 14.8. The molecule has 0 bridgehead atoms. The number of nitrogens with zero attached hydrogens (tertiary/aromatic N) is 1. The van der Waals surface area contributed by atoms with Gasteiger partial charge in [-0.25, -0.2) is 0 Å². The molecule has 0 unspecified atom stereocenters. The van der Waals surface area contributed by atoms with E-state index in [0.29, 0.717) is 6.42 Å². The standard InChI is InChI=1S/C8H12NO2.Cs.H2S/c10-7-1-2-8(11-7)3-5-9-6-4-8;;/h1-6H2;;1H2/q-1;+1;/p-1. The molecule has 0 aromatic heterocycles. The largest absolute Gasteiger partial charge is 1.00 e. The van der Waals surface area contributed by atoms with Gasteiger partial charge < -0.3 is 23.5 Å². The minimum atomic E-state index is -0.0984. The molecule has 1 spiro atoms. The number of thiol groups is 1. The van der Waals surface area contributed by atoms with E-state index in [4.69, 9.17) is 4.74 Å². The van der Waals surface area contributed by atoms with Gasteiger partial charge in [0.2, 0.25) is 0 Å². The van der Waals surface area contributed by atoms with Crippen LogP contribution >= 0.6 is 0 Å². The number of carbonyl (C=O) groups excluding carboxylic acids is 1. The van der Waals surface area contributed by atoms with Crippen LogP contribution in [0.1, 0.15) is 25.7 Å². The van der Waals surface area contributed by atoms with Crippen LogP contribution in [0.4, 0.5) is 0 Å². The second-order valence-corrected chi connectivity index (χ2v) is 3.33. The Kier molecular flexibility index (Phi) is 7.33. The Morgan fingerprint density at radius 1 is 1.23 bits per heavy atom. The molecule has 2 aliphatic heterocycles. The van der Waals surface area contributed by atoms with Crippen molar-refractivity contribution < 1.29 is 78.4 Å². The summed E-state index contributed by atoms with van der Waals surface area (Å²) < 4.78 is 5.29. The zero-order chi connectivity index (χ0) is 7.73. The molecule has 5 heteroatoms. The second-order valence-electron chi connectivity index (χ2n) is 3.33. The number of esters is 1. The van der Waals surface area contributed by atoms with Gasteiger partial charge in [-0.05, 0) is 19.3 Å². The fourth-order valence-electron chi connectivity index (χ4n) is 1.83. The molecule has 3 nitrogen and oxygen atoms in total. The van der Waals surface area contributed by atoms with Gasteiger partial charge in [0.15, 0.2) is 0 Å². The Morgan fingerprint density at radius 2 is 1.85 bits per heavy atom. The van der Waals surface area contributed by atoms with E-state index < -0.39 is 0 Å². The summed E-state index contributed by atoms with van der Waals surface area (Å²) >= 11 is 0. The Morgan fingerprint density at radius 3 is 2.31 bits per heavy atom. The van der Waals surface area contributed by atoms with Gasteiger partial charge in [-0.3, -0.25) is 4.79 Å². The molecule has 2 heterocycles. The van der Waals surface area contributed by atoms with Gasteiger partial charge in [-0.2, -0.15) is 0 Å². The quantitative estimate of drug-likeness (QED) is 0.293. The Labute approximate surface area is 145 Å². The van der Waals surface area contributed by atoms with Crippen molar-refractivity contribution in [2.45, 2.75) is 31.3 Å². The monoisotopic (exact) mass is 320 g/mol. The van der Waals surface area contributed by atoms with Crippen molar-refractivity contribution in [3.63, 3.8) is 0 Å². The summed E-state index contributed by atoms with van der Waals surface area (Å²) in [4.78, 5) is 10.9. The Bertz CT molecular complexity index is 183. The van der Waals surface area contributed by atoms with Crippen molar-refractivity contribution in [2.24, 2.45) is 0 Å². The summed E-state index contributed by atoms with van der Waals surface area (Å²) in [5, 5.41) is 4.23. The topological polar surface area (TPSA) is 40.4 Å². The van der Waals surface area contributed by atoms with Gasteiger partial charge in [0.1, 0.15) is 5.60 Å². The van der Waals surface area contributed by atoms with Crippen molar-refractivity contribution >= 4 is 19.5 Å². The van der Waals surface area contributed by atoms with Crippen LogP contribution in [0.5, 0.6) is 0 Å². The minimum absolute atomic E-state index is 0. The van der Waals surface area contributed by atoms with E-state index in [9.17, 15) is 4.79 Å². The summed E-state index contributed by atoms with van der Waals surface area (Å²) in [6.07, 6.45) is 3.42. The van der Waals surface area contributed by atoms with Crippen LogP contribution < -0.4 is 68.9 Å².